The molecule has 2 heteroatoms. The van der Waals surface area contributed by atoms with Crippen molar-refractivity contribution < 1.29 is 0 Å². The average molecular weight is 122 g/mol. The summed E-state index contributed by atoms with van der Waals surface area (Å²) in [6, 6.07) is 0.536. The smallest absolute Gasteiger partial charge is 0.00388 e. The molecule has 1 fully saturated rings. The molecule has 1 aliphatic carbocycles. The first-order valence-corrected chi connectivity index (χ1v) is 3.15. The third-order valence-corrected chi connectivity index (χ3v) is 1.65. The van der Waals surface area contributed by atoms with Gasteiger partial charge in [0.1, 0.15) is 0 Å². The molecule has 0 aromatic heterocycles. The van der Waals surface area contributed by atoms with Crippen LogP contribution >= 0.6 is 0 Å². The van der Waals surface area contributed by atoms with Crippen LogP contribution in [0.5, 0.6) is 0 Å². The van der Waals surface area contributed by atoms with E-state index in [0.29, 0.717) is 6.04 Å². The van der Waals surface area contributed by atoms with Gasteiger partial charge in [-0.2, -0.15) is 0 Å². The van der Waals surface area contributed by atoms with Gasteiger partial charge < -0.3 is 5.73 Å². The zero-order valence-corrected chi connectivity index (χ0v) is 7.69. The summed E-state index contributed by atoms with van der Waals surface area (Å²) in [6.45, 7) is 0. The predicted molar refractivity (Wildman–Crippen MR) is 36.8 cm³/mol. The molecule has 0 atom stereocenters. The maximum Gasteiger partial charge on any atom is 0.00388 e. The van der Waals surface area contributed by atoms with Crippen LogP contribution in [0.15, 0.2) is 0 Å². The minimum atomic E-state index is 0. The van der Waals surface area contributed by atoms with E-state index in [1.54, 1.807) is 0 Å². The van der Waals surface area contributed by atoms with E-state index >= 15 is 0 Å². The summed E-state index contributed by atoms with van der Waals surface area (Å²) in [4.78, 5) is 0. The van der Waals surface area contributed by atoms with Crippen LogP contribution < -0.4 is 5.73 Å². The molecule has 0 spiro atoms. The van der Waals surface area contributed by atoms with Gasteiger partial charge in [0.25, 0.3) is 0 Å². The molecular formula is C6H13NNa. The van der Waals surface area contributed by atoms with Gasteiger partial charge in [-0.25, -0.2) is 0 Å². The van der Waals surface area contributed by atoms with E-state index in [-0.39, 0.29) is 29.6 Å². The standard InChI is InChI=1S/C6H13N.Na/c7-6-4-2-1-3-5-6;/h6H,1-5,7H2;. The second-order valence-electron chi connectivity index (χ2n) is 2.40. The van der Waals surface area contributed by atoms with Gasteiger partial charge in [-0.15, -0.1) is 0 Å². The number of nitrogens with two attached hydrogens (primary N) is 1. The summed E-state index contributed by atoms with van der Waals surface area (Å²) in [5.74, 6) is 0. The molecule has 1 saturated carbocycles. The van der Waals surface area contributed by atoms with E-state index in [1.165, 1.54) is 32.1 Å². The van der Waals surface area contributed by atoms with Crippen molar-refractivity contribution in [3.8, 4) is 0 Å². The van der Waals surface area contributed by atoms with Crippen molar-refractivity contribution in [2.45, 2.75) is 38.1 Å². The van der Waals surface area contributed by atoms with Gasteiger partial charge in [-0.1, -0.05) is 19.3 Å². The first-order valence-electron chi connectivity index (χ1n) is 3.15. The van der Waals surface area contributed by atoms with Crippen molar-refractivity contribution in [1.82, 2.24) is 0 Å². The van der Waals surface area contributed by atoms with Crippen molar-refractivity contribution >= 4 is 29.6 Å². The van der Waals surface area contributed by atoms with Crippen molar-refractivity contribution in [3.05, 3.63) is 0 Å². The maximum atomic E-state index is 5.63. The molecule has 1 aliphatic rings. The number of hydrogen-bond donors (Lipinski definition) is 1. The molecule has 0 unspecified atom stereocenters. The summed E-state index contributed by atoms with van der Waals surface area (Å²) in [5, 5.41) is 0. The molecular weight excluding hydrogens is 109 g/mol. The minimum Gasteiger partial charge on any atom is -0.328 e. The van der Waals surface area contributed by atoms with E-state index < -0.39 is 0 Å². The predicted octanol–water partition coefficient (Wildman–Crippen LogP) is 0.897. The van der Waals surface area contributed by atoms with Gasteiger partial charge in [-0.3, -0.25) is 0 Å². The normalized spacial score (nSPS) is 22.1. The topological polar surface area (TPSA) is 26.0 Å². The quantitative estimate of drug-likeness (QED) is 0.474. The fourth-order valence-electron chi connectivity index (χ4n) is 1.13. The second kappa shape index (κ2) is 4.80. The number of rotatable bonds is 0. The largest absolute Gasteiger partial charge is 0.328 e. The Balaban J connectivity index is 0.000000490. The van der Waals surface area contributed by atoms with Crippen LogP contribution in [0, 0.1) is 0 Å². The molecule has 1 nitrogen and oxygen atoms in total. The molecule has 43 valence electrons. The summed E-state index contributed by atoms with van der Waals surface area (Å²) in [6.07, 6.45) is 6.66. The fraction of sp³-hybridized carbons (Fsp3) is 1.00. The van der Waals surface area contributed by atoms with E-state index in [2.05, 4.69) is 0 Å². The van der Waals surface area contributed by atoms with Gasteiger partial charge in [-0.05, 0) is 12.8 Å². The third-order valence-electron chi connectivity index (χ3n) is 1.65. The van der Waals surface area contributed by atoms with Gasteiger partial charge in [0.2, 0.25) is 0 Å². The Labute approximate surface area is 73.3 Å². The first-order chi connectivity index (χ1) is 3.39. The Morgan fingerprint density at radius 1 is 1.00 bits per heavy atom. The molecule has 0 saturated heterocycles. The molecule has 0 aromatic carbocycles. The van der Waals surface area contributed by atoms with Crippen LogP contribution in [0.1, 0.15) is 32.1 Å². The minimum absolute atomic E-state index is 0. The maximum absolute atomic E-state index is 5.63. The van der Waals surface area contributed by atoms with Crippen LogP contribution in [-0.4, -0.2) is 35.6 Å². The third kappa shape index (κ3) is 3.08. The van der Waals surface area contributed by atoms with E-state index in [9.17, 15) is 0 Å². The summed E-state index contributed by atoms with van der Waals surface area (Å²) in [7, 11) is 0. The van der Waals surface area contributed by atoms with Crippen molar-refractivity contribution in [1.29, 1.82) is 0 Å². The van der Waals surface area contributed by atoms with Crippen LogP contribution in [0.25, 0.3) is 0 Å². The van der Waals surface area contributed by atoms with E-state index in [0.717, 1.165) is 0 Å². The van der Waals surface area contributed by atoms with Crippen LogP contribution in [-0.2, 0) is 0 Å². The SMILES string of the molecule is NC1CCCCC1.[Na]. The molecule has 1 radical (unpaired) electrons. The molecule has 0 bridgehead atoms. The van der Waals surface area contributed by atoms with Gasteiger partial charge in [0.15, 0.2) is 0 Å². The molecule has 0 aliphatic heterocycles. The van der Waals surface area contributed by atoms with Gasteiger partial charge in [0.05, 0.1) is 0 Å². The molecule has 0 heterocycles. The van der Waals surface area contributed by atoms with Crippen molar-refractivity contribution in [3.63, 3.8) is 0 Å². The van der Waals surface area contributed by atoms with E-state index in [1.807, 2.05) is 0 Å². The number of hydrogen-bond acceptors (Lipinski definition) is 1. The summed E-state index contributed by atoms with van der Waals surface area (Å²) in [5.41, 5.74) is 5.63. The van der Waals surface area contributed by atoms with Crippen LogP contribution in [0.4, 0.5) is 0 Å². The zero-order chi connectivity index (χ0) is 5.11. The molecule has 2 N–H and O–H groups in total. The summed E-state index contributed by atoms with van der Waals surface area (Å²) >= 11 is 0. The Morgan fingerprint density at radius 3 is 1.75 bits per heavy atom. The average Bonchev–Trinajstić information content (AvgIpc) is 1.69. The Hall–Kier alpha value is 0.960. The van der Waals surface area contributed by atoms with Crippen LogP contribution in [0.2, 0.25) is 0 Å². The Kier molecular flexibility index (Phi) is 5.38. The van der Waals surface area contributed by atoms with Crippen LogP contribution in [0.3, 0.4) is 0 Å². The molecule has 0 aromatic rings. The first kappa shape index (κ1) is 8.96. The Morgan fingerprint density at radius 2 is 1.50 bits per heavy atom. The summed E-state index contributed by atoms with van der Waals surface area (Å²) < 4.78 is 0. The van der Waals surface area contributed by atoms with E-state index in [4.69, 9.17) is 5.73 Å². The second-order valence-corrected chi connectivity index (χ2v) is 2.40. The molecule has 8 heavy (non-hydrogen) atoms. The van der Waals surface area contributed by atoms with Crippen molar-refractivity contribution in [2.24, 2.45) is 5.73 Å². The molecule has 0 amide bonds. The zero-order valence-electron chi connectivity index (χ0n) is 5.69. The monoisotopic (exact) mass is 122 g/mol. The van der Waals surface area contributed by atoms with Gasteiger partial charge >= 0.3 is 0 Å². The Bertz CT molecular complexity index is 50.5. The van der Waals surface area contributed by atoms with Gasteiger partial charge in [0, 0.05) is 35.6 Å². The fourth-order valence-corrected chi connectivity index (χ4v) is 1.13. The molecule has 1 rings (SSSR count). The van der Waals surface area contributed by atoms with Crippen molar-refractivity contribution in [2.75, 3.05) is 0 Å².